The van der Waals surface area contributed by atoms with Gasteiger partial charge >= 0.3 is 0 Å². The van der Waals surface area contributed by atoms with Gasteiger partial charge in [-0.1, -0.05) is 27.7 Å². The molecule has 0 spiro atoms. The van der Waals surface area contributed by atoms with Crippen molar-refractivity contribution < 1.29 is 4.74 Å². The second-order valence-electron chi connectivity index (χ2n) is 5.37. The lowest BCUT2D eigenvalue weighted by Gasteiger charge is -2.31. The average Bonchev–Trinajstić information content (AvgIpc) is 2.50. The second kappa shape index (κ2) is 8.32. The fourth-order valence-corrected chi connectivity index (χ4v) is 2.72. The molecular formula is C17H31N3O. The standard InChI is InChI=1S/C17H31N3O/c1-7-12-18-15-14(8-2)13(6)19-16(20-15)17(9-3,10-4)21-11-5/h7-12H2,1-6H3,(H,18,19,20). The summed E-state index contributed by atoms with van der Waals surface area (Å²) in [6.45, 7) is 14.3. The van der Waals surface area contributed by atoms with E-state index in [-0.39, 0.29) is 5.60 Å². The first kappa shape index (κ1) is 17.9. The van der Waals surface area contributed by atoms with Crippen LogP contribution in [-0.4, -0.2) is 23.1 Å². The predicted octanol–water partition coefficient (Wildman–Crippen LogP) is 4.22. The van der Waals surface area contributed by atoms with Crippen molar-refractivity contribution in [1.82, 2.24) is 9.97 Å². The fourth-order valence-electron chi connectivity index (χ4n) is 2.72. The highest BCUT2D eigenvalue weighted by atomic mass is 16.5. The highest BCUT2D eigenvalue weighted by Crippen LogP contribution is 2.32. The summed E-state index contributed by atoms with van der Waals surface area (Å²) in [7, 11) is 0. The Morgan fingerprint density at radius 1 is 1.05 bits per heavy atom. The Bertz CT molecular complexity index is 442. The van der Waals surface area contributed by atoms with Gasteiger partial charge in [-0.15, -0.1) is 0 Å². The summed E-state index contributed by atoms with van der Waals surface area (Å²) in [5.41, 5.74) is 1.91. The van der Waals surface area contributed by atoms with Gasteiger partial charge in [0.2, 0.25) is 0 Å². The van der Waals surface area contributed by atoms with Crippen LogP contribution in [0, 0.1) is 6.92 Å². The van der Waals surface area contributed by atoms with Gasteiger partial charge in [-0.3, -0.25) is 0 Å². The summed E-state index contributed by atoms with van der Waals surface area (Å²) in [5, 5.41) is 3.45. The zero-order valence-electron chi connectivity index (χ0n) is 14.5. The smallest absolute Gasteiger partial charge is 0.162 e. The third kappa shape index (κ3) is 3.94. The molecule has 0 bridgehead atoms. The zero-order valence-corrected chi connectivity index (χ0v) is 14.5. The largest absolute Gasteiger partial charge is 0.370 e. The molecule has 0 aromatic carbocycles. The topological polar surface area (TPSA) is 47.0 Å². The molecule has 120 valence electrons. The van der Waals surface area contributed by atoms with E-state index in [0.717, 1.165) is 49.6 Å². The molecular weight excluding hydrogens is 262 g/mol. The van der Waals surface area contributed by atoms with E-state index in [4.69, 9.17) is 14.7 Å². The van der Waals surface area contributed by atoms with Crippen LogP contribution < -0.4 is 5.32 Å². The van der Waals surface area contributed by atoms with E-state index in [1.54, 1.807) is 0 Å². The molecule has 1 N–H and O–H groups in total. The minimum Gasteiger partial charge on any atom is -0.370 e. The van der Waals surface area contributed by atoms with Crippen molar-refractivity contribution in [2.75, 3.05) is 18.5 Å². The van der Waals surface area contributed by atoms with E-state index in [1.165, 1.54) is 5.56 Å². The molecule has 1 rings (SSSR count). The van der Waals surface area contributed by atoms with E-state index in [0.29, 0.717) is 6.61 Å². The minimum absolute atomic E-state index is 0.367. The van der Waals surface area contributed by atoms with Crippen molar-refractivity contribution >= 4 is 5.82 Å². The van der Waals surface area contributed by atoms with Crippen LogP contribution >= 0.6 is 0 Å². The molecule has 0 fully saturated rings. The number of nitrogens with one attached hydrogen (secondary N) is 1. The summed E-state index contributed by atoms with van der Waals surface area (Å²) in [4.78, 5) is 9.60. The predicted molar refractivity (Wildman–Crippen MR) is 88.8 cm³/mol. The Morgan fingerprint density at radius 3 is 2.19 bits per heavy atom. The van der Waals surface area contributed by atoms with Crippen LogP contribution in [0.25, 0.3) is 0 Å². The fraction of sp³-hybridized carbons (Fsp3) is 0.765. The lowest BCUT2D eigenvalue weighted by Crippen LogP contribution is -2.32. The van der Waals surface area contributed by atoms with E-state index >= 15 is 0 Å². The first-order valence-corrected chi connectivity index (χ1v) is 8.34. The number of nitrogens with zero attached hydrogens (tertiary/aromatic N) is 2. The average molecular weight is 293 g/mol. The first-order chi connectivity index (χ1) is 10.1. The van der Waals surface area contributed by atoms with Crippen molar-refractivity contribution in [3.63, 3.8) is 0 Å². The summed E-state index contributed by atoms with van der Waals surface area (Å²) in [6.07, 6.45) is 3.79. The highest BCUT2D eigenvalue weighted by Gasteiger charge is 2.33. The van der Waals surface area contributed by atoms with Crippen molar-refractivity contribution in [3.05, 3.63) is 17.1 Å². The summed E-state index contributed by atoms with van der Waals surface area (Å²) < 4.78 is 6.05. The Hall–Kier alpha value is -1.16. The molecule has 0 atom stereocenters. The van der Waals surface area contributed by atoms with Gasteiger partial charge in [0.1, 0.15) is 11.4 Å². The van der Waals surface area contributed by atoms with Crippen LogP contribution in [0.5, 0.6) is 0 Å². The molecule has 21 heavy (non-hydrogen) atoms. The summed E-state index contributed by atoms with van der Waals surface area (Å²) in [6, 6.07) is 0. The van der Waals surface area contributed by atoms with Gasteiger partial charge in [-0.2, -0.15) is 0 Å². The molecule has 0 saturated carbocycles. The van der Waals surface area contributed by atoms with E-state index < -0.39 is 0 Å². The summed E-state index contributed by atoms with van der Waals surface area (Å²) in [5.74, 6) is 1.80. The number of hydrogen-bond acceptors (Lipinski definition) is 4. The molecule has 0 radical (unpaired) electrons. The monoisotopic (exact) mass is 293 g/mol. The Labute approximate surface area is 129 Å². The van der Waals surface area contributed by atoms with Gasteiger partial charge in [0.25, 0.3) is 0 Å². The van der Waals surface area contributed by atoms with Crippen LogP contribution in [0.4, 0.5) is 5.82 Å². The third-order valence-electron chi connectivity index (χ3n) is 4.08. The van der Waals surface area contributed by atoms with E-state index in [2.05, 4.69) is 39.9 Å². The quantitative estimate of drug-likeness (QED) is 0.740. The first-order valence-electron chi connectivity index (χ1n) is 8.34. The number of hydrogen-bond donors (Lipinski definition) is 1. The maximum atomic E-state index is 6.05. The normalized spacial score (nSPS) is 11.7. The van der Waals surface area contributed by atoms with Crippen molar-refractivity contribution in [2.24, 2.45) is 0 Å². The van der Waals surface area contributed by atoms with Gasteiger partial charge in [-0.25, -0.2) is 9.97 Å². The molecule has 0 saturated heterocycles. The highest BCUT2D eigenvalue weighted by molar-refractivity contribution is 5.47. The third-order valence-corrected chi connectivity index (χ3v) is 4.08. The van der Waals surface area contributed by atoms with Crippen LogP contribution in [0.1, 0.15) is 71.0 Å². The molecule has 0 amide bonds. The molecule has 1 aromatic rings. The van der Waals surface area contributed by atoms with Gasteiger partial charge < -0.3 is 10.1 Å². The van der Waals surface area contributed by atoms with Crippen LogP contribution in [0.3, 0.4) is 0 Å². The summed E-state index contributed by atoms with van der Waals surface area (Å²) >= 11 is 0. The van der Waals surface area contributed by atoms with E-state index in [9.17, 15) is 0 Å². The van der Waals surface area contributed by atoms with Crippen LogP contribution in [0.15, 0.2) is 0 Å². The number of aryl methyl sites for hydroxylation is 1. The zero-order chi connectivity index (χ0) is 15.9. The lowest BCUT2D eigenvalue weighted by molar-refractivity contribution is -0.0571. The van der Waals surface area contributed by atoms with Gasteiger partial charge in [0, 0.05) is 24.4 Å². The van der Waals surface area contributed by atoms with Crippen LogP contribution in [-0.2, 0) is 16.8 Å². The van der Waals surface area contributed by atoms with Gasteiger partial charge in [0.15, 0.2) is 5.82 Å². The van der Waals surface area contributed by atoms with Gasteiger partial charge in [0.05, 0.1) is 0 Å². The minimum atomic E-state index is -0.367. The van der Waals surface area contributed by atoms with Crippen molar-refractivity contribution in [2.45, 2.75) is 72.8 Å². The molecule has 4 nitrogen and oxygen atoms in total. The second-order valence-corrected chi connectivity index (χ2v) is 5.37. The molecule has 0 aliphatic carbocycles. The Balaban J connectivity index is 3.32. The SMILES string of the molecule is CCCNc1nc(C(CC)(CC)OCC)nc(C)c1CC. The molecule has 1 heterocycles. The van der Waals surface area contributed by atoms with Crippen molar-refractivity contribution in [3.8, 4) is 0 Å². The Morgan fingerprint density at radius 2 is 1.71 bits per heavy atom. The number of ether oxygens (including phenoxy) is 1. The van der Waals surface area contributed by atoms with Gasteiger partial charge in [-0.05, 0) is 39.5 Å². The number of anilines is 1. The number of rotatable bonds is 9. The molecule has 1 aromatic heterocycles. The van der Waals surface area contributed by atoms with Crippen LogP contribution in [0.2, 0.25) is 0 Å². The van der Waals surface area contributed by atoms with Crippen molar-refractivity contribution in [1.29, 1.82) is 0 Å². The Kier molecular flexibility index (Phi) is 7.09. The maximum absolute atomic E-state index is 6.05. The molecule has 4 heteroatoms. The molecule has 0 aliphatic heterocycles. The van der Waals surface area contributed by atoms with E-state index in [1.807, 2.05) is 6.92 Å². The lowest BCUT2D eigenvalue weighted by atomic mass is 9.95. The molecule has 0 aliphatic rings. The number of aromatic nitrogens is 2. The maximum Gasteiger partial charge on any atom is 0.162 e. The molecule has 0 unspecified atom stereocenters.